The first-order chi connectivity index (χ1) is 16.5. The molecule has 0 saturated heterocycles. The Labute approximate surface area is 196 Å². The topological polar surface area (TPSA) is 56.5 Å². The zero-order chi connectivity index (χ0) is 26.7. The number of benzene rings is 3. The minimum Gasteiger partial charge on any atom is -0.456 e. The first-order valence-electron chi connectivity index (χ1n) is 9.67. The fourth-order valence-electron chi connectivity index (χ4n) is 3.45. The first kappa shape index (κ1) is 25.7. The van der Waals surface area contributed by atoms with Crippen molar-refractivity contribution in [2.45, 2.75) is 23.3 Å². The molecule has 0 bridgehead atoms. The lowest BCUT2D eigenvalue weighted by Crippen LogP contribution is -2.63. The Kier molecular flexibility index (Phi) is 5.74. The Morgan fingerprint density at radius 2 is 1.25 bits per heavy atom. The summed E-state index contributed by atoms with van der Waals surface area (Å²) in [7, 11) is -7.14. The smallest absolute Gasteiger partial charge is 0.456 e. The van der Waals surface area contributed by atoms with Crippen LogP contribution in [0.4, 0.5) is 39.5 Å². The van der Waals surface area contributed by atoms with E-state index in [1.807, 2.05) is 0 Å². The third kappa shape index (κ3) is 3.65. The Balaban J connectivity index is 1.93. The minimum absolute atomic E-state index is 0.0835. The van der Waals surface area contributed by atoms with Gasteiger partial charge in [-0.1, -0.05) is 48.5 Å². The molecule has 1 heterocycles. The molecule has 3 aromatic carbocycles. The van der Waals surface area contributed by atoms with Crippen molar-refractivity contribution in [1.29, 1.82) is 0 Å². The van der Waals surface area contributed by atoms with Crippen molar-refractivity contribution in [1.82, 2.24) is 0 Å². The lowest BCUT2D eigenvalue weighted by atomic mass is 9.98. The number of alkyl halides is 9. The normalized spacial score (nSPS) is 13.9. The van der Waals surface area contributed by atoms with E-state index in [4.69, 9.17) is 4.42 Å². The van der Waals surface area contributed by atoms with Crippen molar-refractivity contribution in [2.24, 2.45) is 0 Å². The number of hydrogen-bond donors (Lipinski definition) is 0. The van der Waals surface area contributed by atoms with Crippen LogP contribution in [0.25, 0.3) is 33.1 Å². The van der Waals surface area contributed by atoms with Gasteiger partial charge < -0.3 is 8.60 Å². The van der Waals surface area contributed by atoms with Gasteiger partial charge in [-0.15, -0.1) is 0 Å². The molecule has 192 valence electrons. The number of rotatable bonds is 6. The third-order valence-electron chi connectivity index (χ3n) is 5.20. The van der Waals surface area contributed by atoms with E-state index in [2.05, 4.69) is 4.18 Å². The molecule has 0 saturated carbocycles. The largest absolute Gasteiger partial charge is 0.460 e. The predicted octanol–water partition coefficient (Wildman–Crippen LogP) is 7.39. The summed E-state index contributed by atoms with van der Waals surface area (Å²) in [4.78, 5) is 0. The maximum Gasteiger partial charge on any atom is 0.460 e. The molecule has 0 aliphatic heterocycles. The standard InChI is InChI=1S/C22H11F9O4S/c23-19(24,21(27,28)29)20(25,26)22(30,31)36(32,33)35-16-11-10-15-18(13-8-4-5-9-14(13)34-15)17(16)12-6-2-1-3-7-12/h1-11H. The van der Waals surface area contributed by atoms with Crippen molar-refractivity contribution in [2.75, 3.05) is 0 Å². The molecular weight excluding hydrogens is 531 g/mol. The molecule has 4 aromatic rings. The van der Waals surface area contributed by atoms with E-state index < -0.39 is 39.1 Å². The SMILES string of the molecule is O=S(=O)(Oc1ccc2oc3ccccc3c2c1-c1ccccc1)C(F)(F)C(F)(F)C(F)(F)C(F)(F)F. The summed E-state index contributed by atoms with van der Waals surface area (Å²) in [6.07, 6.45) is -7.20. The van der Waals surface area contributed by atoms with Crippen LogP contribution in [0.2, 0.25) is 0 Å². The summed E-state index contributed by atoms with van der Waals surface area (Å²) in [6.45, 7) is 0. The summed E-state index contributed by atoms with van der Waals surface area (Å²) in [5.41, 5.74) is 0.172. The van der Waals surface area contributed by atoms with Gasteiger partial charge in [0, 0.05) is 16.3 Å². The van der Waals surface area contributed by atoms with Gasteiger partial charge in [-0.25, -0.2) is 0 Å². The molecule has 0 atom stereocenters. The zero-order valence-corrected chi connectivity index (χ0v) is 18.1. The average molecular weight is 542 g/mol. The fraction of sp³-hybridized carbons (Fsp3) is 0.182. The molecule has 36 heavy (non-hydrogen) atoms. The Bertz CT molecular complexity index is 1540. The number of fused-ring (bicyclic) bond motifs is 3. The molecule has 0 spiro atoms. The van der Waals surface area contributed by atoms with Gasteiger partial charge in [0.25, 0.3) is 0 Å². The summed E-state index contributed by atoms with van der Waals surface area (Å²) in [5, 5.41) is -6.60. The molecule has 0 radical (unpaired) electrons. The number of halogens is 9. The molecule has 0 amide bonds. The Morgan fingerprint density at radius 1 is 0.667 bits per heavy atom. The molecule has 0 aliphatic rings. The number of hydrogen-bond acceptors (Lipinski definition) is 4. The molecular formula is C22H11F9O4S. The van der Waals surface area contributed by atoms with Gasteiger partial charge in [0.05, 0.1) is 0 Å². The van der Waals surface area contributed by atoms with Crippen LogP contribution in [-0.4, -0.2) is 31.7 Å². The summed E-state index contributed by atoms with van der Waals surface area (Å²) in [6, 6.07) is 15.0. The number of furan rings is 1. The highest BCUT2D eigenvalue weighted by Crippen LogP contribution is 2.55. The van der Waals surface area contributed by atoms with Crippen LogP contribution in [0.3, 0.4) is 0 Å². The van der Waals surface area contributed by atoms with Gasteiger partial charge in [0.1, 0.15) is 11.2 Å². The van der Waals surface area contributed by atoms with Gasteiger partial charge in [0.15, 0.2) is 5.75 Å². The molecule has 4 rings (SSSR count). The fourth-order valence-corrected chi connectivity index (χ4v) is 4.37. The molecule has 14 heteroatoms. The second-order valence-electron chi connectivity index (χ2n) is 7.48. The second-order valence-corrected chi connectivity index (χ2v) is 9.06. The molecule has 0 aliphatic carbocycles. The molecule has 0 N–H and O–H groups in total. The van der Waals surface area contributed by atoms with Crippen LogP contribution in [0.5, 0.6) is 5.75 Å². The average Bonchev–Trinajstić information content (AvgIpc) is 3.17. The van der Waals surface area contributed by atoms with E-state index in [1.54, 1.807) is 12.1 Å². The van der Waals surface area contributed by atoms with Crippen LogP contribution in [0, 0.1) is 0 Å². The minimum atomic E-state index is -7.42. The van der Waals surface area contributed by atoms with E-state index in [-0.39, 0.29) is 27.7 Å². The highest BCUT2D eigenvalue weighted by molar-refractivity contribution is 7.88. The number of para-hydroxylation sites is 1. The quantitative estimate of drug-likeness (QED) is 0.188. The predicted molar refractivity (Wildman–Crippen MR) is 110 cm³/mol. The molecule has 0 unspecified atom stereocenters. The third-order valence-corrected chi connectivity index (χ3v) is 6.48. The van der Waals surface area contributed by atoms with Crippen molar-refractivity contribution in [3.05, 3.63) is 66.7 Å². The Morgan fingerprint density at radius 3 is 1.86 bits per heavy atom. The summed E-state index contributed by atoms with van der Waals surface area (Å²) in [5.74, 6) is -15.9. The van der Waals surface area contributed by atoms with Crippen LogP contribution < -0.4 is 4.18 Å². The lowest BCUT2D eigenvalue weighted by molar-refractivity contribution is -0.382. The van der Waals surface area contributed by atoms with Crippen molar-refractivity contribution >= 4 is 32.1 Å². The maximum atomic E-state index is 14.3. The van der Waals surface area contributed by atoms with Gasteiger partial charge in [0.2, 0.25) is 0 Å². The van der Waals surface area contributed by atoms with Crippen molar-refractivity contribution in [3.63, 3.8) is 0 Å². The maximum absolute atomic E-state index is 14.3. The highest BCUT2D eigenvalue weighted by atomic mass is 32.2. The van der Waals surface area contributed by atoms with Gasteiger partial charge in [-0.2, -0.15) is 47.9 Å². The Hall–Kier alpha value is -3.42. The summed E-state index contributed by atoms with van der Waals surface area (Å²) >= 11 is 0. The van der Waals surface area contributed by atoms with Gasteiger partial charge in [-0.05, 0) is 23.8 Å². The molecule has 1 aromatic heterocycles. The molecule has 4 nitrogen and oxygen atoms in total. The first-order valence-corrected chi connectivity index (χ1v) is 11.1. The lowest BCUT2D eigenvalue weighted by Gasteiger charge is -2.32. The van der Waals surface area contributed by atoms with E-state index in [0.29, 0.717) is 5.39 Å². The van der Waals surface area contributed by atoms with Crippen LogP contribution in [0.15, 0.2) is 71.1 Å². The summed E-state index contributed by atoms with van der Waals surface area (Å²) < 4.78 is 154. The van der Waals surface area contributed by atoms with Crippen LogP contribution in [-0.2, 0) is 10.1 Å². The monoisotopic (exact) mass is 542 g/mol. The van der Waals surface area contributed by atoms with Crippen LogP contribution in [0.1, 0.15) is 0 Å². The van der Waals surface area contributed by atoms with Crippen LogP contribution >= 0.6 is 0 Å². The molecule has 0 fully saturated rings. The van der Waals surface area contributed by atoms with Gasteiger partial charge >= 0.3 is 33.4 Å². The van der Waals surface area contributed by atoms with Crippen molar-refractivity contribution in [3.8, 4) is 16.9 Å². The van der Waals surface area contributed by atoms with Crippen molar-refractivity contribution < 1.29 is 56.5 Å². The zero-order valence-electron chi connectivity index (χ0n) is 17.3. The van der Waals surface area contributed by atoms with E-state index >= 15 is 0 Å². The highest BCUT2D eigenvalue weighted by Gasteiger charge is 2.86. The second kappa shape index (κ2) is 8.05. The van der Waals surface area contributed by atoms with E-state index in [0.717, 1.165) is 12.1 Å². The van der Waals surface area contributed by atoms with E-state index in [9.17, 15) is 47.9 Å². The van der Waals surface area contributed by atoms with Gasteiger partial charge in [-0.3, -0.25) is 0 Å². The van der Waals surface area contributed by atoms with E-state index in [1.165, 1.54) is 42.5 Å².